The highest BCUT2D eigenvalue weighted by Crippen LogP contribution is 2.33. The Morgan fingerprint density at radius 3 is 1.93 bits per heavy atom. The van der Waals surface area contributed by atoms with E-state index in [2.05, 4.69) is 58.5 Å². The van der Waals surface area contributed by atoms with E-state index in [1.807, 2.05) is 47.7 Å². The maximum Gasteiger partial charge on any atom is 0.410 e. The molecule has 2 aromatic carbocycles. The van der Waals surface area contributed by atoms with E-state index in [0.29, 0.717) is 32.4 Å². The summed E-state index contributed by atoms with van der Waals surface area (Å²) in [4.78, 5) is 49.8. The van der Waals surface area contributed by atoms with Gasteiger partial charge in [0.15, 0.2) is 5.78 Å². The number of aromatic amines is 1. The smallest absolute Gasteiger partial charge is 0.410 e. The first-order valence-corrected chi connectivity index (χ1v) is 16.0. The first-order chi connectivity index (χ1) is 21.3. The Morgan fingerprint density at radius 2 is 1.31 bits per heavy atom. The van der Waals surface area contributed by atoms with Gasteiger partial charge in [-0.15, -0.1) is 0 Å². The number of rotatable bonds is 7. The van der Waals surface area contributed by atoms with E-state index in [0.717, 1.165) is 53.0 Å². The van der Waals surface area contributed by atoms with Gasteiger partial charge in [-0.2, -0.15) is 0 Å². The second kappa shape index (κ2) is 13.1. The lowest BCUT2D eigenvalue weighted by Crippen LogP contribution is -2.43. The number of amides is 2. The summed E-state index contributed by atoms with van der Waals surface area (Å²) < 4.78 is 11.1. The molecule has 5 rings (SSSR count). The van der Waals surface area contributed by atoms with Gasteiger partial charge in [0, 0.05) is 19.5 Å². The van der Waals surface area contributed by atoms with Crippen LogP contribution >= 0.6 is 0 Å². The highest BCUT2D eigenvalue weighted by Gasteiger charge is 2.36. The SMILES string of the molecule is CC(C)(C)OC(=O)N1CCC[C@H]1C(=O)CCc1ccc(-c2ccc(-c3cnc([C@@H]4CCCN4C(=O)OC(C)(C)C)[nH]3)cc2)cc1. The molecule has 0 saturated carbocycles. The molecule has 1 aromatic heterocycles. The molecule has 0 unspecified atom stereocenters. The molecule has 2 aliphatic heterocycles. The topological polar surface area (TPSA) is 105 Å². The van der Waals surface area contributed by atoms with Crippen LogP contribution in [0, 0.1) is 0 Å². The van der Waals surface area contributed by atoms with Crippen LogP contribution < -0.4 is 0 Å². The number of imidazole rings is 1. The van der Waals surface area contributed by atoms with E-state index in [4.69, 9.17) is 9.47 Å². The van der Waals surface area contributed by atoms with Crippen LogP contribution in [0.4, 0.5) is 9.59 Å². The number of H-pyrrole nitrogens is 1. The summed E-state index contributed by atoms with van der Waals surface area (Å²) in [7, 11) is 0. The molecular formula is C36H46N4O5. The number of aromatic nitrogens is 2. The Labute approximate surface area is 266 Å². The van der Waals surface area contributed by atoms with Gasteiger partial charge in [-0.1, -0.05) is 48.5 Å². The van der Waals surface area contributed by atoms with E-state index in [1.54, 1.807) is 9.80 Å². The predicted octanol–water partition coefficient (Wildman–Crippen LogP) is 7.72. The Morgan fingerprint density at radius 1 is 0.778 bits per heavy atom. The summed E-state index contributed by atoms with van der Waals surface area (Å²) in [6, 6.07) is 16.1. The van der Waals surface area contributed by atoms with Gasteiger partial charge in [-0.3, -0.25) is 14.6 Å². The van der Waals surface area contributed by atoms with Gasteiger partial charge in [0.05, 0.1) is 24.0 Å². The lowest BCUT2D eigenvalue weighted by atomic mass is 9.98. The third kappa shape index (κ3) is 8.12. The van der Waals surface area contributed by atoms with Crippen molar-refractivity contribution in [1.29, 1.82) is 0 Å². The molecule has 2 fully saturated rings. The molecule has 0 bridgehead atoms. The zero-order valence-corrected chi connectivity index (χ0v) is 27.4. The Kier molecular flexibility index (Phi) is 9.37. The number of hydrogen-bond acceptors (Lipinski definition) is 6. The third-order valence-electron chi connectivity index (χ3n) is 8.19. The highest BCUT2D eigenvalue weighted by molar-refractivity contribution is 5.88. The molecule has 2 aliphatic rings. The maximum atomic E-state index is 13.0. The number of Topliss-reactive ketones (excluding diaryl/α,β-unsaturated/α-hetero) is 1. The minimum atomic E-state index is -0.583. The van der Waals surface area contributed by atoms with E-state index in [9.17, 15) is 14.4 Å². The Balaban J connectivity index is 1.17. The van der Waals surface area contributed by atoms with Crippen molar-refractivity contribution >= 4 is 18.0 Å². The summed E-state index contributed by atoms with van der Waals surface area (Å²) in [5.41, 5.74) is 4.06. The minimum Gasteiger partial charge on any atom is -0.444 e. The molecule has 2 saturated heterocycles. The van der Waals surface area contributed by atoms with Gasteiger partial charge in [0.1, 0.15) is 17.0 Å². The van der Waals surface area contributed by atoms with Crippen molar-refractivity contribution in [2.24, 2.45) is 0 Å². The number of nitrogens with one attached hydrogen (secondary N) is 1. The van der Waals surface area contributed by atoms with Gasteiger partial charge < -0.3 is 14.5 Å². The molecule has 0 radical (unpaired) electrons. The largest absolute Gasteiger partial charge is 0.444 e. The van der Waals surface area contributed by atoms with Gasteiger partial charge in [0.25, 0.3) is 0 Å². The monoisotopic (exact) mass is 614 g/mol. The summed E-state index contributed by atoms with van der Waals surface area (Å²) in [5.74, 6) is 0.863. The fraction of sp³-hybridized carbons (Fsp3) is 0.500. The Hall–Kier alpha value is -4.14. The van der Waals surface area contributed by atoms with Crippen molar-refractivity contribution in [3.8, 4) is 22.4 Å². The Bertz CT molecular complexity index is 1500. The molecule has 9 nitrogen and oxygen atoms in total. The summed E-state index contributed by atoms with van der Waals surface area (Å²) in [5, 5.41) is 0. The third-order valence-corrected chi connectivity index (χ3v) is 8.19. The lowest BCUT2D eigenvalue weighted by Gasteiger charge is -2.28. The summed E-state index contributed by atoms with van der Waals surface area (Å²) in [6.07, 6.45) is 5.41. The number of hydrogen-bond donors (Lipinski definition) is 1. The molecule has 2 amide bonds. The molecule has 3 heterocycles. The van der Waals surface area contributed by atoms with Crippen molar-refractivity contribution in [1.82, 2.24) is 19.8 Å². The van der Waals surface area contributed by atoms with Crippen molar-refractivity contribution in [3.63, 3.8) is 0 Å². The van der Waals surface area contributed by atoms with Gasteiger partial charge >= 0.3 is 12.2 Å². The quantitative estimate of drug-likeness (QED) is 0.292. The minimum absolute atomic E-state index is 0.0884. The fourth-order valence-electron chi connectivity index (χ4n) is 6.02. The van der Waals surface area contributed by atoms with Crippen molar-refractivity contribution in [2.45, 2.75) is 103 Å². The van der Waals surface area contributed by atoms with E-state index in [1.165, 1.54) is 0 Å². The molecule has 1 N–H and O–H groups in total. The highest BCUT2D eigenvalue weighted by atomic mass is 16.6. The van der Waals surface area contributed by atoms with Gasteiger partial charge in [-0.05, 0) is 95.9 Å². The van der Waals surface area contributed by atoms with Crippen LogP contribution in [0.2, 0.25) is 0 Å². The zero-order valence-electron chi connectivity index (χ0n) is 27.4. The van der Waals surface area contributed by atoms with E-state index in [-0.39, 0.29) is 17.9 Å². The van der Waals surface area contributed by atoms with Gasteiger partial charge in [-0.25, -0.2) is 14.6 Å². The molecule has 240 valence electrons. The number of ketones is 1. The molecule has 2 atom stereocenters. The van der Waals surface area contributed by atoms with Crippen LogP contribution in [0.15, 0.2) is 54.7 Å². The molecule has 3 aromatic rings. The first kappa shape index (κ1) is 32.3. The average molecular weight is 615 g/mol. The number of carbonyl (C=O) groups excluding carboxylic acids is 3. The number of benzene rings is 2. The van der Waals surface area contributed by atoms with Crippen LogP contribution in [0.3, 0.4) is 0 Å². The fourth-order valence-corrected chi connectivity index (χ4v) is 6.02. The second-order valence-electron chi connectivity index (χ2n) is 14.1. The van der Waals surface area contributed by atoms with Crippen LogP contribution in [0.25, 0.3) is 22.4 Å². The second-order valence-corrected chi connectivity index (χ2v) is 14.1. The number of ether oxygens (including phenoxy) is 2. The zero-order chi connectivity index (χ0) is 32.4. The van der Waals surface area contributed by atoms with Crippen LogP contribution in [-0.2, 0) is 20.7 Å². The first-order valence-electron chi connectivity index (χ1n) is 16.0. The van der Waals surface area contributed by atoms with Gasteiger partial charge in [0.2, 0.25) is 0 Å². The van der Waals surface area contributed by atoms with Crippen molar-refractivity contribution < 1.29 is 23.9 Å². The lowest BCUT2D eigenvalue weighted by molar-refractivity contribution is -0.123. The molecule has 0 spiro atoms. The van der Waals surface area contributed by atoms with Crippen LogP contribution in [0.5, 0.6) is 0 Å². The number of aryl methyl sites for hydroxylation is 1. The average Bonchev–Trinajstić information content (AvgIpc) is 3.75. The van der Waals surface area contributed by atoms with Crippen molar-refractivity contribution in [3.05, 3.63) is 66.1 Å². The molecule has 0 aliphatic carbocycles. The molecular weight excluding hydrogens is 568 g/mol. The summed E-state index contributed by atoms with van der Waals surface area (Å²) in [6.45, 7) is 12.4. The van der Waals surface area contributed by atoms with E-state index < -0.39 is 23.3 Å². The number of likely N-dealkylation sites (tertiary alicyclic amines) is 2. The number of carbonyl (C=O) groups is 3. The predicted molar refractivity (Wildman–Crippen MR) is 174 cm³/mol. The van der Waals surface area contributed by atoms with Crippen LogP contribution in [0.1, 0.15) is 91.1 Å². The number of nitrogens with zero attached hydrogens (tertiary/aromatic N) is 3. The normalized spacial score (nSPS) is 18.7. The van der Waals surface area contributed by atoms with Crippen LogP contribution in [-0.4, -0.2) is 68.1 Å². The molecule has 9 heteroatoms. The maximum absolute atomic E-state index is 13.0. The van der Waals surface area contributed by atoms with Crippen molar-refractivity contribution in [2.75, 3.05) is 13.1 Å². The molecule has 45 heavy (non-hydrogen) atoms. The standard InChI is InChI=1S/C36H46N4O5/c1-35(2,3)44-33(42)39-21-7-9-29(39)31(41)20-13-24-11-14-25(15-12-24)26-16-18-27(19-17-26)28-23-37-32(38-28)30-10-8-22-40(30)34(43)45-36(4,5)6/h11-12,14-19,23,29-30H,7-10,13,20-22H2,1-6H3,(H,37,38)/t29-,30-/m0/s1. The summed E-state index contributed by atoms with van der Waals surface area (Å²) >= 11 is 0. The van der Waals surface area contributed by atoms with E-state index >= 15 is 0 Å².